The highest BCUT2D eigenvalue weighted by molar-refractivity contribution is 5.79. The third kappa shape index (κ3) is 3.38. The van der Waals surface area contributed by atoms with E-state index in [0.29, 0.717) is 11.8 Å². The molecule has 1 saturated carbocycles. The van der Waals surface area contributed by atoms with E-state index in [2.05, 4.69) is 44.7 Å². The smallest absolute Gasteiger partial charge is 0.223 e. The first-order chi connectivity index (χ1) is 11.3. The van der Waals surface area contributed by atoms with Crippen molar-refractivity contribution in [2.45, 2.75) is 38.0 Å². The van der Waals surface area contributed by atoms with Gasteiger partial charge in [-0.2, -0.15) is 5.10 Å². The molecule has 122 valence electrons. The van der Waals surface area contributed by atoms with E-state index in [1.807, 2.05) is 0 Å². The maximum Gasteiger partial charge on any atom is 0.223 e. The summed E-state index contributed by atoms with van der Waals surface area (Å²) in [4.78, 5) is 14.4. The van der Waals surface area contributed by atoms with Crippen LogP contribution < -0.4 is 10.2 Å². The van der Waals surface area contributed by atoms with Crippen LogP contribution in [-0.4, -0.2) is 35.7 Å². The summed E-state index contributed by atoms with van der Waals surface area (Å²) in [7, 11) is 0. The largest absolute Gasteiger partial charge is 0.355 e. The van der Waals surface area contributed by atoms with E-state index in [-0.39, 0.29) is 11.8 Å². The van der Waals surface area contributed by atoms with Gasteiger partial charge in [0.2, 0.25) is 5.91 Å². The molecule has 3 aliphatic rings. The fraction of sp³-hybridized carbons (Fsp3) is 0.611. The number of anilines is 1. The van der Waals surface area contributed by atoms with Crippen molar-refractivity contribution in [3.05, 3.63) is 30.0 Å². The number of allylic oxidation sites excluding steroid dienone is 2. The summed E-state index contributed by atoms with van der Waals surface area (Å²) < 4.78 is 0. The summed E-state index contributed by atoms with van der Waals surface area (Å²) in [5.74, 6) is 2.56. The van der Waals surface area contributed by atoms with Gasteiger partial charge < -0.3 is 10.2 Å². The first-order valence-corrected chi connectivity index (χ1v) is 8.81. The number of nitrogens with one attached hydrogen (secondary N) is 1. The van der Waals surface area contributed by atoms with Crippen molar-refractivity contribution >= 4 is 11.7 Å². The monoisotopic (exact) mass is 312 g/mol. The van der Waals surface area contributed by atoms with Gasteiger partial charge in [-0.1, -0.05) is 12.2 Å². The van der Waals surface area contributed by atoms with Crippen molar-refractivity contribution in [3.8, 4) is 0 Å². The van der Waals surface area contributed by atoms with Gasteiger partial charge in [-0.15, -0.1) is 5.10 Å². The highest BCUT2D eigenvalue weighted by Gasteiger charge is 2.30. The van der Waals surface area contributed by atoms with Gasteiger partial charge >= 0.3 is 0 Å². The lowest BCUT2D eigenvalue weighted by atomic mass is 9.93. The molecule has 2 aliphatic carbocycles. The van der Waals surface area contributed by atoms with Gasteiger partial charge in [0.05, 0.1) is 5.69 Å². The minimum atomic E-state index is 0.178. The molecule has 23 heavy (non-hydrogen) atoms. The first-order valence-electron chi connectivity index (χ1n) is 8.81. The van der Waals surface area contributed by atoms with E-state index in [0.717, 1.165) is 50.4 Å². The maximum atomic E-state index is 12.1. The Kier molecular flexibility index (Phi) is 4.02. The zero-order valence-corrected chi connectivity index (χ0v) is 13.4. The van der Waals surface area contributed by atoms with Crippen LogP contribution in [0.5, 0.6) is 0 Å². The van der Waals surface area contributed by atoms with Crippen molar-refractivity contribution in [1.82, 2.24) is 15.5 Å². The Labute approximate surface area is 137 Å². The molecule has 2 heterocycles. The van der Waals surface area contributed by atoms with Gasteiger partial charge in [-0.3, -0.25) is 4.79 Å². The fourth-order valence-corrected chi connectivity index (χ4v) is 3.41. The van der Waals surface area contributed by atoms with Crippen LogP contribution in [0.15, 0.2) is 24.3 Å². The number of aromatic nitrogens is 2. The molecule has 0 aromatic carbocycles. The van der Waals surface area contributed by atoms with E-state index in [9.17, 15) is 4.79 Å². The number of rotatable bonds is 5. The van der Waals surface area contributed by atoms with Gasteiger partial charge in [0.15, 0.2) is 5.82 Å². The number of hydrogen-bond acceptors (Lipinski definition) is 4. The molecule has 1 N–H and O–H groups in total. The van der Waals surface area contributed by atoms with Crippen molar-refractivity contribution in [3.63, 3.8) is 0 Å². The van der Waals surface area contributed by atoms with Crippen LogP contribution in [0.3, 0.4) is 0 Å². The van der Waals surface area contributed by atoms with Gasteiger partial charge in [-0.25, -0.2) is 0 Å². The molecule has 1 aromatic rings. The average Bonchev–Trinajstić information content (AvgIpc) is 3.39. The molecule has 0 spiro atoms. The number of nitrogens with zero attached hydrogens (tertiary/aromatic N) is 3. The summed E-state index contributed by atoms with van der Waals surface area (Å²) in [5, 5.41) is 11.8. The van der Waals surface area contributed by atoms with E-state index in [1.54, 1.807) is 0 Å². The molecule has 1 aliphatic heterocycles. The van der Waals surface area contributed by atoms with Crippen molar-refractivity contribution in [2.75, 3.05) is 24.5 Å². The van der Waals surface area contributed by atoms with Crippen LogP contribution in [0.25, 0.3) is 0 Å². The molecule has 1 saturated heterocycles. The molecule has 1 unspecified atom stereocenters. The molecule has 1 atom stereocenters. The van der Waals surface area contributed by atoms with Crippen LogP contribution in [0.2, 0.25) is 0 Å². The quantitative estimate of drug-likeness (QED) is 0.847. The van der Waals surface area contributed by atoms with Crippen LogP contribution >= 0.6 is 0 Å². The summed E-state index contributed by atoms with van der Waals surface area (Å²) in [6.07, 6.45) is 9.73. The van der Waals surface area contributed by atoms with Gasteiger partial charge in [0.25, 0.3) is 0 Å². The molecule has 5 nitrogen and oxygen atoms in total. The van der Waals surface area contributed by atoms with Crippen LogP contribution in [-0.2, 0) is 4.79 Å². The second-order valence-electron chi connectivity index (χ2n) is 7.09. The molecule has 1 aromatic heterocycles. The lowest BCUT2D eigenvalue weighted by molar-refractivity contribution is -0.125. The zero-order chi connectivity index (χ0) is 15.6. The van der Waals surface area contributed by atoms with E-state index >= 15 is 0 Å². The Morgan fingerprint density at radius 3 is 2.70 bits per heavy atom. The number of amides is 1. The fourth-order valence-electron chi connectivity index (χ4n) is 3.41. The topological polar surface area (TPSA) is 58.1 Å². The molecule has 1 amide bonds. The Balaban J connectivity index is 1.20. The highest BCUT2D eigenvalue weighted by Crippen LogP contribution is 2.38. The third-order valence-corrected chi connectivity index (χ3v) is 5.15. The van der Waals surface area contributed by atoms with Crippen molar-refractivity contribution < 1.29 is 4.79 Å². The van der Waals surface area contributed by atoms with Crippen molar-refractivity contribution in [2.24, 2.45) is 11.8 Å². The van der Waals surface area contributed by atoms with Gasteiger partial charge in [0, 0.05) is 37.4 Å². The predicted octanol–water partition coefficient (Wildman–Crippen LogP) is 2.26. The minimum absolute atomic E-state index is 0.178. The Bertz CT molecular complexity index is 588. The summed E-state index contributed by atoms with van der Waals surface area (Å²) >= 11 is 0. The Hall–Kier alpha value is -1.91. The predicted molar refractivity (Wildman–Crippen MR) is 89.2 cm³/mol. The molecular formula is C18H24N4O. The highest BCUT2D eigenvalue weighted by atomic mass is 16.1. The van der Waals surface area contributed by atoms with Gasteiger partial charge in [-0.05, 0) is 44.2 Å². The Morgan fingerprint density at radius 1 is 1.17 bits per heavy atom. The summed E-state index contributed by atoms with van der Waals surface area (Å²) in [5.41, 5.74) is 1.14. The normalized spacial score (nSPS) is 24.3. The average molecular weight is 312 g/mol. The zero-order valence-electron chi connectivity index (χ0n) is 13.4. The molecule has 4 rings (SSSR count). The van der Waals surface area contributed by atoms with E-state index in [4.69, 9.17) is 0 Å². The van der Waals surface area contributed by atoms with Crippen LogP contribution in [0.4, 0.5) is 5.82 Å². The van der Waals surface area contributed by atoms with Gasteiger partial charge in [0.1, 0.15) is 0 Å². The molecular weight excluding hydrogens is 288 g/mol. The number of carbonyl (C=O) groups excluding carboxylic acids is 1. The second kappa shape index (κ2) is 6.30. The lowest BCUT2D eigenvalue weighted by Gasteiger charge is -2.40. The number of carbonyl (C=O) groups is 1. The Morgan fingerprint density at radius 2 is 2.04 bits per heavy atom. The molecule has 2 fully saturated rings. The number of hydrogen-bond donors (Lipinski definition) is 1. The van der Waals surface area contributed by atoms with Crippen LogP contribution in [0, 0.1) is 11.8 Å². The lowest BCUT2D eigenvalue weighted by Crippen LogP contribution is -2.52. The maximum absolute atomic E-state index is 12.1. The third-order valence-electron chi connectivity index (χ3n) is 5.15. The summed E-state index contributed by atoms with van der Waals surface area (Å²) in [6, 6.07) is 4.20. The first kappa shape index (κ1) is 14.7. The molecule has 0 radical (unpaired) electrons. The van der Waals surface area contributed by atoms with E-state index < -0.39 is 0 Å². The second-order valence-corrected chi connectivity index (χ2v) is 7.09. The summed E-state index contributed by atoms with van der Waals surface area (Å²) in [6.45, 7) is 2.70. The van der Waals surface area contributed by atoms with Crippen molar-refractivity contribution in [1.29, 1.82) is 0 Å². The standard InChI is InChI=1S/C18H24N4O/c23-18(15-4-2-1-3-5-15)19-10-13-11-22(12-13)17-9-8-16(20-21-17)14-6-7-14/h1-2,8-9,13-15H,3-7,10-12H2,(H,19,23). The SMILES string of the molecule is O=C(NCC1CN(c2ccc(C3CC3)nn2)C1)C1CC=CCC1. The molecule has 5 heteroatoms. The van der Waals surface area contributed by atoms with Crippen LogP contribution in [0.1, 0.15) is 43.7 Å². The minimum Gasteiger partial charge on any atom is -0.355 e. The van der Waals surface area contributed by atoms with E-state index in [1.165, 1.54) is 12.8 Å². The molecule has 0 bridgehead atoms.